The third-order valence-corrected chi connectivity index (χ3v) is 3.57. The molecule has 0 heterocycles. The zero-order valence-electron chi connectivity index (χ0n) is 13.3. The number of aryl methyl sites for hydroxylation is 1. The van der Waals surface area contributed by atoms with Gasteiger partial charge in [0, 0.05) is 11.1 Å². The van der Waals surface area contributed by atoms with E-state index in [1.165, 1.54) is 11.6 Å². The summed E-state index contributed by atoms with van der Waals surface area (Å²) in [7, 11) is 0. The number of hydrogen-bond donors (Lipinski definition) is 1. The molecule has 0 aromatic heterocycles. The number of amides is 1. The Bertz CT molecular complexity index is 680. The van der Waals surface area contributed by atoms with Gasteiger partial charge in [0.15, 0.2) is 0 Å². The van der Waals surface area contributed by atoms with Crippen LogP contribution in [0.3, 0.4) is 0 Å². The molecule has 4 heteroatoms. The summed E-state index contributed by atoms with van der Waals surface area (Å²) in [4.78, 5) is 11.9. The van der Waals surface area contributed by atoms with Crippen LogP contribution in [0.1, 0.15) is 18.1 Å². The Morgan fingerprint density at radius 2 is 1.91 bits per heavy atom. The first-order valence-corrected chi connectivity index (χ1v) is 7.85. The number of hydrogen-bond acceptors (Lipinski definition) is 2. The van der Waals surface area contributed by atoms with Gasteiger partial charge < -0.3 is 10.1 Å². The van der Waals surface area contributed by atoms with Crippen molar-refractivity contribution in [2.45, 2.75) is 19.9 Å². The molecule has 0 saturated carbocycles. The van der Waals surface area contributed by atoms with Crippen molar-refractivity contribution in [2.24, 2.45) is 0 Å². The molecule has 0 bridgehead atoms. The zero-order chi connectivity index (χ0) is 16.7. The lowest BCUT2D eigenvalue weighted by Crippen LogP contribution is -2.35. The van der Waals surface area contributed by atoms with Crippen LogP contribution in [0.5, 0.6) is 5.75 Å². The van der Waals surface area contributed by atoms with Crippen LogP contribution in [0.2, 0.25) is 5.02 Å². The van der Waals surface area contributed by atoms with Crippen LogP contribution in [0.4, 0.5) is 0 Å². The number of carbonyl (C=O) groups excluding carboxylic acids is 1. The largest absolute Gasteiger partial charge is 0.491 e. The number of halogens is 1. The number of carbonyl (C=O) groups is 1. The van der Waals surface area contributed by atoms with Crippen molar-refractivity contribution in [3.05, 3.63) is 70.8 Å². The molecular weight excluding hydrogens is 310 g/mol. The standard InChI is InChI=1S/C19H20ClNO2/c1-14-7-10-17(11-8-14)23-13-15(2)21-19(22)12-9-16-5-3-4-6-18(16)20/h3-12,15H,13H2,1-2H3,(H,21,22)/b12-9+/t15-/m1/s1. The van der Waals surface area contributed by atoms with Crippen molar-refractivity contribution in [3.63, 3.8) is 0 Å². The Balaban J connectivity index is 1.80. The van der Waals surface area contributed by atoms with E-state index in [1.807, 2.05) is 56.3 Å². The maximum Gasteiger partial charge on any atom is 0.244 e. The molecule has 0 spiro atoms. The highest BCUT2D eigenvalue weighted by Gasteiger charge is 2.06. The van der Waals surface area contributed by atoms with E-state index in [0.29, 0.717) is 11.6 Å². The van der Waals surface area contributed by atoms with E-state index in [4.69, 9.17) is 16.3 Å². The molecule has 0 radical (unpaired) electrons. The van der Waals surface area contributed by atoms with Gasteiger partial charge in [0.2, 0.25) is 5.91 Å². The first-order chi connectivity index (χ1) is 11.0. The lowest BCUT2D eigenvalue weighted by molar-refractivity contribution is -0.117. The molecule has 0 aliphatic heterocycles. The molecular formula is C19H20ClNO2. The molecule has 2 aromatic rings. The number of ether oxygens (including phenoxy) is 1. The van der Waals surface area contributed by atoms with Gasteiger partial charge >= 0.3 is 0 Å². The highest BCUT2D eigenvalue weighted by molar-refractivity contribution is 6.32. The highest BCUT2D eigenvalue weighted by Crippen LogP contribution is 2.16. The van der Waals surface area contributed by atoms with Gasteiger partial charge in [0.25, 0.3) is 0 Å². The zero-order valence-corrected chi connectivity index (χ0v) is 14.0. The van der Waals surface area contributed by atoms with Crippen molar-refractivity contribution < 1.29 is 9.53 Å². The van der Waals surface area contributed by atoms with E-state index in [2.05, 4.69) is 5.32 Å². The van der Waals surface area contributed by atoms with E-state index in [1.54, 1.807) is 12.1 Å². The van der Waals surface area contributed by atoms with Gasteiger partial charge in [0.1, 0.15) is 12.4 Å². The monoisotopic (exact) mass is 329 g/mol. The summed E-state index contributed by atoms with van der Waals surface area (Å²) in [6, 6.07) is 15.1. The molecule has 0 aliphatic carbocycles. The van der Waals surface area contributed by atoms with Gasteiger partial charge in [-0.25, -0.2) is 0 Å². The van der Waals surface area contributed by atoms with Gasteiger partial charge in [-0.2, -0.15) is 0 Å². The summed E-state index contributed by atoms with van der Waals surface area (Å²) in [5.74, 6) is 0.619. The molecule has 23 heavy (non-hydrogen) atoms. The third kappa shape index (κ3) is 5.80. The van der Waals surface area contributed by atoms with Gasteiger partial charge in [-0.15, -0.1) is 0 Å². The van der Waals surface area contributed by atoms with Gasteiger partial charge in [-0.1, -0.05) is 47.5 Å². The fraction of sp³-hybridized carbons (Fsp3) is 0.211. The van der Waals surface area contributed by atoms with Crippen molar-refractivity contribution in [2.75, 3.05) is 6.61 Å². The van der Waals surface area contributed by atoms with Crippen LogP contribution in [0.15, 0.2) is 54.6 Å². The summed E-state index contributed by atoms with van der Waals surface area (Å²) in [6.07, 6.45) is 3.18. The lowest BCUT2D eigenvalue weighted by atomic mass is 10.2. The fourth-order valence-corrected chi connectivity index (χ4v) is 2.16. The Kier molecular flexibility index (Phi) is 6.24. The van der Waals surface area contributed by atoms with Crippen molar-refractivity contribution in [1.29, 1.82) is 0 Å². The highest BCUT2D eigenvalue weighted by atomic mass is 35.5. The van der Waals surface area contributed by atoms with Crippen LogP contribution in [0.25, 0.3) is 6.08 Å². The number of nitrogens with one attached hydrogen (secondary N) is 1. The van der Waals surface area contributed by atoms with Gasteiger partial charge in [-0.05, 0) is 43.7 Å². The second-order valence-electron chi connectivity index (χ2n) is 5.39. The molecule has 2 rings (SSSR count). The summed E-state index contributed by atoms with van der Waals surface area (Å²) >= 11 is 6.04. The minimum atomic E-state index is -0.176. The minimum Gasteiger partial charge on any atom is -0.491 e. The topological polar surface area (TPSA) is 38.3 Å². The Morgan fingerprint density at radius 3 is 2.61 bits per heavy atom. The fourth-order valence-electron chi connectivity index (χ4n) is 1.96. The van der Waals surface area contributed by atoms with Crippen LogP contribution in [-0.4, -0.2) is 18.6 Å². The van der Waals surface area contributed by atoms with Crippen molar-refractivity contribution in [1.82, 2.24) is 5.32 Å². The molecule has 0 aliphatic rings. The second-order valence-corrected chi connectivity index (χ2v) is 5.80. The molecule has 0 unspecified atom stereocenters. The SMILES string of the molecule is Cc1ccc(OC[C@@H](C)NC(=O)/C=C/c2ccccc2Cl)cc1. The number of benzene rings is 2. The van der Waals surface area contributed by atoms with Crippen LogP contribution < -0.4 is 10.1 Å². The van der Waals surface area contributed by atoms with E-state index in [0.717, 1.165) is 11.3 Å². The second kappa shape index (κ2) is 8.39. The summed E-state index contributed by atoms with van der Waals surface area (Å²) in [6.45, 7) is 4.34. The van der Waals surface area contributed by atoms with Crippen molar-refractivity contribution >= 4 is 23.6 Å². The summed E-state index contributed by atoms with van der Waals surface area (Å²) in [5, 5.41) is 3.48. The van der Waals surface area contributed by atoms with Crippen LogP contribution >= 0.6 is 11.6 Å². The molecule has 0 fully saturated rings. The van der Waals surface area contributed by atoms with Crippen LogP contribution in [0, 0.1) is 6.92 Å². The molecule has 3 nitrogen and oxygen atoms in total. The average Bonchev–Trinajstić information content (AvgIpc) is 2.53. The Morgan fingerprint density at radius 1 is 1.22 bits per heavy atom. The maximum atomic E-state index is 11.9. The smallest absolute Gasteiger partial charge is 0.244 e. The van der Waals surface area contributed by atoms with E-state index in [-0.39, 0.29) is 11.9 Å². The molecule has 2 aromatic carbocycles. The molecule has 120 valence electrons. The molecule has 1 amide bonds. The Labute approximate surface area is 141 Å². The predicted molar refractivity (Wildman–Crippen MR) is 94.8 cm³/mol. The van der Waals surface area contributed by atoms with E-state index >= 15 is 0 Å². The van der Waals surface area contributed by atoms with Crippen molar-refractivity contribution in [3.8, 4) is 5.75 Å². The van der Waals surface area contributed by atoms with Crippen LogP contribution in [-0.2, 0) is 4.79 Å². The Hall–Kier alpha value is -2.26. The van der Waals surface area contributed by atoms with Gasteiger partial charge in [-0.3, -0.25) is 4.79 Å². The summed E-state index contributed by atoms with van der Waals surface area (Å²) in [5.41, 5.74) is 2.00. The molecule has 1 atom stereocenters. The quantitative estimate of drug-likeness (QED) is 0.805. The molecule has 0 saturated heterocycles. The maximum absolute atomic E-state index is 11.9. The first-order valence-electron chi connectivity index (χ1n) is 7.47. The van der Waals surface area contributed by atoms with Gasteiger partial charge in [0.05, 0.1) is 6.04 Å². The number of rotatable bonds is 6. The predicted octanol–water partition coefficient (Wildman–Crippen LogP) is 4.25. The van der Waals surface area contributed by atoms with E-state index in [9.17, 15) is 4.79 Å². The third-order valence-electron chi connectivity index (χ3n) is 3.23. The average molecular weight is 330 g/mol. The van der Waals surface area contributed by atoms with E-state index < -0.39 is 0 Å². The minimum absolute atomic E-state index is 0.0975. The molecule has 1 N–H and O–H groups in total. The first kappa shape index (κ1) is 17.1. The lowest BCUT2D eigenvalue weighted by Gasteiger charge is -2.14. The normalized spacial score (nSPS) is 12.1. The summed E-state index contributed by atoms with van der Waals surface area (Å²) < 4.78 is 5.65.